The lowest BCUT2D eigenvalue weighted by Crippen LogP contribution is -1.93. The van der Waals surface area contributed by atoms with Crippen LogP contribution in [0.1, 0.15) is 22.8 Å². The van der Waals surface area contributed by atoms with Gasteiger partial charge in [-0.15, -0.1) is 0 Å². The van der Waals surface area contributed by atoms with Crippen molar-refractivity contribution in [2.24, 2.45) is 0 Å². The van der Waals surface area contributed by atoms with Gasteiger partial charge in [-0.25, -0.2) is 4.98 Å². The number of benzene rings is 2. The van der Waals surface area contributed by atoms with Crippen molar-refractivity contribution in [3.8, 4) is 0 Å². The fraction of sp³-hybridized carbons (Fsp3) is 0.125. The van der Waals surface area contributed by atoms with Gasteiger partial charge in [0.05, 0.1) is 0 Å². The second kappa shape index (κ2) is 5.97. The summed E-state index contributed by atoms with van der Waals surface area (Å²) in [6, 6.07) is 15.5. The van der Waals surface area contributed by atoms with Gasteiger partial charge in [0, 0.05) is 23.6 Å². The highest BCUT2D eigenvalue weighted by Crippen LogP contribution is 2.14. The van der Waals surface area contributed by atoms with E-state index in [0.29, 0.717) is 12.8 Å². The fourth-order valence-corrected chi connectivity index (χ4v) is 2.36. The van der Waals surface area contributed by atoms with E-state index in [0.717, 1.165) is 33.5 Å². The van der Waals surface area contributed by atoms with Crippen LogP contribution in [0, 0.1) is 0 Å². The molecule has 0 fully saturated rings. The molecule has 106 valence electrons. The highest BCUT2D eigenvalue weighted by Gasteiger charge is 2.05. The van der Waals surface area contributed by atoms with Crippen LogP contribution in [0.3, 0.4) is 0 Å². The molecule has 0 amide bonds. The zero-order chi connectivity index (χ0) is 14.7. The number of aromatic nitrogens is 3. The predicted octanol–water partition coefficient (Wildman–Crippen LogP) is 3.22. The number of nitrogens with two attached hydrogens (primary N) is 1. The summed E-state index contributed by atoms with van der Waals surface area (Å²) in [6.45, 7) is 0. The summed E-state index contributed by atoms with van der Waals surface area (Å²) in [4.78, 5) is 4.51. The first-order chi connectivity index (χ1) is 10.2. The first-order valence-corrected chi connectivity index (χ1v) is 7.06. The minimum Gasteiger partial charge on any atom is -0.399 e. The molecule has 0 aliphatic carbocycles. The van der Waals surface area contributed by atoms with Gasteiger partial charge in [-0.2, -0.15) is 5.10 Å². The normalized spacial score (nSPS) is 10.7. The molecule has 21 heavy (non-hydrogen) atoms. The van der Waals surface area contributed by atoms with Crippen molar-refractivity contribution in [1.82, 2.24) is 15.2 Å². The van der Waals surface area contributed by atoms with E-state index in [2.05, 4.69) is 15.2 Å². The number of halogens is 1. The molecule has 5 heteroatoms. The maximum Gasteiger partial charge on any atom is 0.155 e. The highest BCUT2D eigenvalue weighted by molar-refractivity contribution is 6.30. The molecular formula is C16H15ClN4. The molecule has 0 aliphatic rings. The van der Waals surface area contributed by atoms with Gasteiger partial charge in [-0.1, -0.05) is 35.9 Å². The number of H-pyrrole nitrogens is 1. The molecule has 0 radical (unpaired) electrons. The lowest BCUT2D eigenvalue weighted by atomic mass is 10.1. The van der Waals surface area contributed by atoms with Crippen molar-refractivity contribution in [3.05, 3.63) is 76.3 Å². The zero-order valence-electron chi connectivity index (χ0n) is 11.4. The maximum absolute atomic E-state index is 5.98. The Labute approximate surface area is 128 Å². The topological polar surface area (TPSA) is 67.6 Å². The smallest absolute Gasteiger partial charge is 0.155 e. The van der Waals surface area contributed by atoms with Gasteiger partial charge in [0.1, 0.15) is 5.82 Å². The van der Waals surface area contributed by atoms with Crippen LogP contribution in [0.25, 0.3) is 0 Å². The van der Waals surface area contributed by atoms with Crippen molar-refractivity contribution in [1.29, 1.82) is 0 Å². The van der Waals surface area contributed by atoms with Crippen LogP contribution in [0.4, 0.5) is 5.69 Å². The molecule has 0 unspecified atom stereocenters. The minimum atomic E-state index is 0.687. The molecule has 0 saturated heterocycles. The van der Waals surface area contributed by atoms with Crippen LogP contribution in [-0.4, -0.2) is 15.2 Å². The highest BCUT2D eigenvalue weighted by atomic mass is 35.5. The second-order valence-corrected chi connectivity index (χ2v) is 5.36. The van der Waals surface area contributed by atoms with Crippen LogP contribution in [-0.2, 0) is 12.8 Å². The Bertz CT molecular complexity index is 734. The largest absolute Gasteiger partial charge is 0.399 e. The van der Waals surface area contributed by atoms with Gasteiger partial charge in [0.2, 0.25) is 0 Å². The van der Waals surface area contributed by atoms with E-state index in [-0.39, 0.29) is 0 Å². The average Bonchev–Trinajstić information content (AvgIpc) is 2.89. The molecule has 2 aromatic carbocycles. The molecule has 1 heterocycles. The van der Waals surface area contributed by atoms with Crippen molar-refractivity contribution in [3.63, 3.8) is 0 Å². The molecule has 0 aliphatic heterocycles. The molecule has 3 N–H and O–H groups in total. The van der Waals surface area contributed by atoms with Gasteiger partial charge >= 0.3 is 0 Å². The van der Waals surface area contributed by atoms with Gasteiger partial charge in [0.15, 0.2) is 5.82 Å². The van der Waals surface area contributed by atoms with E-state index in [1.54, 1.807) is 0 Å². The van der Waals surface area contributed by atoms with E-state index >= 15 is 0 Å². The Kier molecular flexibility index (Phi) is 3.88. The van der Waals surface area contributed by atoms with Crippen LogP contribution in [0.2, 0.25) is 5.02 Å². The van der Waals surface area contributed by atoms with E-state index in [4.69, 9.17) is 17.3 Å². The zero-order valence-corrected chi connectivity index (χ0v) is 12.1. The fourth-order valence-electron chi connectivity index (χ4n) is 2.15. The number of nitrogens with one attached hydrogen (secondary N) is 1. The number of nitrogen functional groups attached to an aromatic ring is 1. The molecule has 3 rings (SSSR count). The SMILES string of the molecule is Nc1ccc(Cc2n[nH]c(Cc3cccc(Cl)c3)n2)cc1. The van der Waals surface area contributed by atoms with E-state index in [1.165, 1.54) is 0 Å². The first-order valence-electron chi connectivity index (χ1n) is 6.68. The number of hydrogen-bond donors (Lipinski definition) is 2. The van der Waals surface area contributed by atoms with Crippen molar-refractivity contribution in [2.75, 3.05) is 5.73 Å². The number of nitrogens with zero attached hydrogens (tertiary/aromatic N) is 2. The summed E-state index contributed by atoms with van der Waals surface area (Å²) in [7, 11) is 0. The second-order valence-electron chi connectivity index (χ2n) is 4.92. The Balaban J connectivity index is 1.70. The molecule has 0 saturated carbocycles. The average molecular weight is 299 g/mol. The summed E-state index contributed by atoms with van der Waals surface area (Å²) >= 11 is 5.98. The van der Waals surface area contributed by atoms with Gasteiger partial charge < -0.3 is 5.73 Å². The number of hydrogen-bond acceptors (Lipinski definition) is 3. The first kappa shape index (κ1) is 13.6. The third kappa shape index (κ3) is 3.61. The van der Waals surface area contributed by atoms with Gasteiger partial charge in [-0.05, 0) is 35.4 Å². The lowest BCUT2D eigenvalue weighted by Gasteiger charge is -1.99. The number of rotatable bonds is 4. The maximum atomic E-state index is 5.98. The van der Waals surface area contributed by atoms with Crippen molar-refractivity contribution >= 4 is 17.3 Å². The molecule has 0 bridgehead atoms. The predicted molar refractivity (Wildman–Crippen MR) is 84.3 cm³/mol. The van der Waals surface area contributed by atoms with Gasteiger partial charge in [0.25, 0.3) is 0 Å². The quantitative estimate of drug-likeness (QED) is 0.727. The molecule has 0 atom stereocenters. The van der Waals surface area contributed by atoms with Crippen molar-refractivity contribution in [2.45, 2.75) is 12.8 Å². The standard InChI is InChI=1S/C16H15ClN4/c17-13-3-1-2-12(8-13)10-16-19-15(20-21-16)9-11-4-6-14(18)7-5-11/h1-8H,9-10,18H2,(H,19,20,21). The summed E-state index contributed by atoms with van der Waals surface area (Å²) in [5, 5.41) is 7.96. The summed E-state index contributed by atoms with van der Waals surface area (Å²) in [5.41, 5.74) is 8.68. The Morgan fingerprint density at radius 2 is 1.81 bits per heavy atom. The minimum absolute atomic E-state index is 0.687. The number of anilines is 1. The van der Waals surface area contributed by atoms with Crippen LogP contribution < -0.4 is 5.73 Å². The third-order valence-electron chi connectivity index (χ3n) is 3.18. The monoisotopic (exact) mass is 298 g/mol. The number of aromatic amines is 1. The Morgan fingerprint density at radius 3 is 2.57 bits per heavy atom. The van der Waals surface area contributed by atoms with E-state index < -0.39 is 0 Å². The van der Waals surface area contributed by atoms with Crippen molar-refractivity contribution < 1.29 is 0 Å². The van der Waals surface area contributed by atoms with Gasteiger partial charge in [-0.3, -0.25) is 5.10 Å². The summed E-state index contributed by atoms with van der Waals surface area (Å²) < 4.78 is 0. The Morgan fingerprint density at radius 1 is 1.00 bits per heavy atom. The third-order valence-corrected chi connectivity index (χ3v) is 3.42. The molecule has 4 nitrogen and oxygen atoms in total. The summed E-state index contributed by atoms with van der Waals surface area (Å²) in [6.07, 6.45) is 1.38. The van der Waals surface area contributed by atoms with Crippen LogP contribution in [0.5, 0.6) is 0 Å². The molecular weight excluding hydrogens is 284 g/mol. The molecule has 0 spiro atoms. The molecule has 1 aromatic heterocycles. The van der Waals surface area contributed by atoms with Crippen LogP contribution >= 0.6 is 11.6 Å². The van der Waals surface area contributed by atoms with Crippen LogP contribution in [0.15, 0.2) is 48.5 Å². The molecule has 3 aromatic rings. The van der Waals surface area contributed by atoms with E-state index in [9.17, 15) is 0 Å². The van der Waals surface area contributed by atoms with E-state index in [1.807, 2.05) is 48.5 Å². The lowest BCUT2D eigenvalue weighted by molar-refractivity contribution is 0.958. The summed E-state index contributed by atoms with van der Waals surface area (Å²) in [5.74, 6) is 1.61. The Hall–Kier alpha value is -2.33.